The molecular weight excluding hydrogens is 364 g/mol. The summed E-state index contributed by atoms with van der Waals surface area (Å²) >= 11 is 0. The van der Waals surface area contributed by atoms with E-state index in [4.69, 9.17) is 9.47 Å². The van der Waals surface area contributed by atoms with Crippen LogP contribution in [0.1, 0.15) is 78.6 Å². The Kier molecular flexibility index (Phi) is 4.64. The summed E-state index contributed by atoms with van der Waals surface area (Å²) in [6, 6.07) is 0. The number of allylic oxidation sites excluding steroid dienone is 2. The minimum atomic E-state index is -0.131. The fraction of sp³-hybridized carbons (Fsp3) is 0.840. The molecule has 8 unspecified atom stereocenters. The lowest BCUT2D eigenvalue weighted by Crippen LogP contribution is -2.52. The Labute approximate surface area is 174 Å². The van der Waals surface area contributed by atoms with Gasteiger partial charge in [-0.15, -0.1) is 0 Å². The fourth-order valence-electron chi connectivity index (χ4n) is 8.41. The second-order valence-corrected chi connectivity index (χ2v) is 11.0. The Morgan fingerprint density at radius 2 is 1.90 bits per heavy atom. The van der Waals surface area contributed by atoms with Crippen LogP contribution in [0.5, 0.6) is 0 Å². The molecule has 4 aliphatic carbocycles. The third kappa shape index (κ3) is 2.91. The normalized spacial score (nSPS) is 48.8. The van der Waals surface area contributed by atoms with Crippen LogP contribution in [0.4, 0.5) is 0 Å². The number of ether oxygens (including phenoxy) is 2. The first-order chi connectivity index (χ1) is 13.8. The summed E-state index contributed by atoms with van der Waals surface area (Å²) in [5.41, 5.74) is 2.24. The van der Waals surface area contributed by atoms with Gasteiger partial charge in [0, 0.05) is 6.92 Å². The summed E-state index contributed by atoms with van der Waals surface area (Å²) in [6.07, 6.45) is 12.9. The van der Waals surface area contributed by atoms with E-state index in [0.29, 0.717) is 29.8 Å². The van der Waals surface area contributed by atoms with E-state index in [2.05, 4.69) is 19.9 Å². The van der Waals surface area contributed by atoms with Gasteiger partial charge in [0.2, 0.25) is 0 Å². The van der Waals surface area contributed by atoms with Crippen molar-refractivity contribution in [2.45, 2.75) is 84.7 Å². The number of cyclic esters (lactones) is 1. The largest absolute Gasteiger partial charge is 0.465 e. The van der Waals surface area contributed by atoms with Crippen LogP contribution in [-0.4, -0.2) is 24.6 Å². The van der Waals surface area contributed by atoms with E-state index < -0.39 is 0 Å². The van der Waals surface area contributed by atoms with Crippen LogP contribution in [0.15, 0.2) is 11.6 Å². The summed E-state index contributed by atoms with van der Waals surface area (Å²) < 4.78 is 10.9. The van der Waals surface area contributed by atoms with Gasteiger partial charge in [-0.05, 0) is 92.3 Å². The van der Waals surface area contributed by atoms with Gasteiger partial charge in [0.15, 0.2) is 0 Å². The van der Waals surface area contributed by atoms with Crippen LogP contribution in [0.25, 0.3) is 0 Å². The van der Waals surface area contributed by atoms with Crippen molar-refractivity contribution in [2.24, 2.45) is 40.4 Å². The van der Waals surface area contributed by atoms with Gasteiger partial charge >= 0.3 is 11.9 Å². The first-order valence-corrected chi connectivity index (χ1v) is 11.9. The molecule has 0 amide bonds. The minimum Gasteiger partial charge on any atom is -0.465 e. The molecule has 0 aromatic rings. The SMILES string of the molecule is CC(=O)OC1CCC2(C)C(CCC3C4=CCC(C5CCOC5=O)C4(C)CCC32)C1. The molecule has 1 heterocycles. The fourth-order valence-corrected chi connectivity index (χ4v) is 8.41. The van der Waals surface area contributed by atoms with Crippen molar-refractivity contribution in [1.29, 1.82) is 0 Å². The van der Waals surface area contributed by atoms with Crippen molar-refractivity contribution < 1.29 is 19.1 Å². The smallest absolute Gasteiger partial charge is 0.309 e. The van der Waals surface area contributed by atoms with Gasteiger partial charge in [0.05, 0.1) is 12.5 Å². The average molecular weight is 401 g/mol. The number of carbonyl (C=O) groups excluding carboxylic acids is 2. The highest BCUT2D eigenvalue weighted by molar-refractivity contribution is 5.75. The van der Waals surface area contributed by atoms with Gasteiger partial charge in [-0.25, -0.2) is 0 Å². The number of esters is 2. The molecule has 5 aliphatic rings. The number of hydrogen-bond donors (Lipinski definition) is 0. The highest BCUT2D eigenvalue weighted by Crippen LogP contribution is 2.67. The molecule has 4 heteroatoms. The van der Waals surface area contributed by atoms with Crippen molar-refractivity contribution in [1.82, 2.24) is 0 Å². The molecule has 29 heavy (non-hydrogen) atoms. The maximum Gasteiger partial charge on any atom is 0.309 e. The van der Waals surface area contributed by atoms with Crippen LogP contribution in [-0.2, 0) is 19.1 Å². The summed E-state index contributed by atoms with van der Waals surface area (Å²) in [6.45, 7) is 7.13. The summed E-state index contributed by atoms with van der Waals surface area (Å²) in [7, 11) is 0. The molecule has 0 aromatic heterocycles. The average Bonchev–Trinajstić information content (AvgIpc) is 3.23. The molecule has 0 aromatic carbocycles. The monoisotopic (exact) mass is 400 g/mol. The van der Waals surface area contributed by atoms with E-state index in [0.717, 1.165) is 31.6 Å². The molecule has 3 saturated carbocycles. The molecular formula is C25H36O4. The molecule has 1 aliphatic heterocycles. The van der Waals surface area contributed by atoms with E-state index in [-0.39, 0.29) is 29.4 Å². The molecule has 160 valence electrons. The Bertz CT molecular complexity index is 741. The number of rotatable bonds is 2. The van der Waals surface area contributed by atoms with Crippen molar-refractivity contribution in [3.63, 3.8) is 0 Å². The zero-order valence-electron chi connectivity index (χ0n) is 18.2. The first kappa shape index (κ1) is 19.6. The van der Waals surface area contributed by atoms with E-state index in [1.165, 1.54) is 39.0 Å². The predicted octanol–water partition coefficient (Wildman–Crippen LogP) is 5.06. The molecule has 8 atom stereocenters. The topological polar surface area (TPSA) is 52.6 Å². The lowest BCUT2D eigenvalue weighted by molar-refractivity contribution is -0.155. The highest BCUT2D eigenvalue weighted by Gasteiger charge is 2.59. The molecule has 4 nitrogen and oxygen atoms in total. The molecule has 4 fully saturated rings. The van der Waals surface area contributed by atoms with Crippen molar-refractivity contribution in [3.05, 3.63) is 11.6 Å². The molecule has 0 radical (unpaired) electrons. The minimum absolute atomic E-state index is 0.0486. The highest BCUT2D eigenvalue weighted by atomic mass is 16.5. The van der Waals surface area contributed by atoms with Gasteiger partial charge < -0.3 is 9.47 Å². The molecule has 0 spiro atoms. The van der Waals surface area contributed by atoms with Gasteiger partial charge in [-0.3, -0.25) is 9.59 Å². The van der Waals surface area contributed by atoms with Gasteiger partial charge in [-0.2, -0.15) is 0 Å². The lowest BCUT2D eigenvalue weighted by Gasteiger charge is -2.59. The number of hydrogen-bond acceptors (Lipinski definition) is 4. The first-order valence-electron chi connectivity index (χ1n) is 11.9. The van der Waals surface area contributed by atoms with E-state index >= 15 is 0 Å². The van der Waals surface area contributed by atoms with Crippen LogP contribution < -0.4 is 0 Å². The molecule has 0 bridgehead atoms. The van der Waals surface area contributed by atoms with Crippen molar-refractivity contribution >= 4 is 11.9 Å². The van der Waals surface area contributed by atoms with Crippen LogP contribution in [0.2, 0.25) is 0 Å². The third-order valence-corrected chi connectivity index (χ3v) is 9.88. The van der Waals surface area contributed by atoms with E-state index in [1.807, 2.05) is 0 Å². The summed E-state index contributed by atoms with van der Waals surface area (Å²) in [5.74, 6) is 2.57. The van der Waals surface area contributed by atoms with Crippen LogP contribution in [0, 0.1) is 40.4 Å². The molecule has 1 saturated heterocycles. The maximum absolute atomic E-state index is 12.3. The quantitative estimate of drug-likeness (QED) is 0.480. The van der Waals surface area contributed by atoms with Crippen LogP contribution in [0.3, 0.4) is 0 Å². The Balaban J connectivity index is 1.36. The predicted molar refractivity (Wildman–Crippen MR) is 110 cm³/mol. The van der Waals surface area contributed by atoms with Crippen molar-refractivity contribution in [2.75, 3.05) is 6.61 Å². The number of fused-ring (bicyclic) bond motifs is 5. The Hall–Kier alpha value is -1.32. The summed E-state index contributed by atoms with van der Waals surface area (Å²) in [5, 5.41) is 0. The maximum atomic E-state index is 12.3. The third-order valence-electron chi connectivity index (χ3n) is 9.88. The van der Waals surface area contributed by atoms with E-state index in [1.54, 1.807) is 5.57 Å². The van der Waals surface area contributed by atoms with Gasteiger partial charge in [0.1, 0.15) is 6.10 Å². The Morgan fingerprint density at radius 1 is 1.07 bits per heavy atom. The zero-order chi connectivity index (χ0) is 20.4. The lowest BCUT2D eigenvalue weighted by atomic mass is 9.45. The van der Waals surface area contributed by atoms with Gasteiger partial charge in [-0.1, -0.05) is 25.5 Å². The van der Waals surface area contributed by atoms with Gasteiger partial charge in [0.25, 0.3) is 0 Å². The second kappa shape index (κ2) is 6.85. The standard InChI is InChI=1S/C25H36O4/c1-15(26)29-17-8-11-24(2)16(14-17)4-5-18-20-6-7-21(19-10-13-28-23(19)27)25(20,3)12-9-22(18)24/h6,16-19,21-22H,4-5,7-14H2,1-3H3. The number of carbonyl (C=O) groups is 2. The van der Waals surface area contributed by atoms with E-state index in [9.17, 15) is 9.59 Å². The van der Waals surface area contributed by atoms with Crippen molar-refractivity contribution in [3.8, 4) is 0 Å². The summed E-state index contributed by atoms with van der Waals surface area (Å²) in [4.78, 5) is 23.8. The second-order valence-electron chi connectivity index (χ2n) is 11.0. The Morgan fingerprint density at radius 3 is 2.62 bits per heavy atom. The van der Waals surface area contributed by atoms with Crippen LogP contribution >= 0.6 is 0 Å². The molecule has 5 rings (SSSR count). The molecule has 0 N–H and O–H groups in total. The zero-order valence-corrected chi connectivity index (χ0v) is 18.2.